The van der Waals surface area contributed by atoms with Gasteiger partial charge in [-0.15, -0.1) is 0 Å². The van der Waals surface area contributed by atoms with E-state index in [0.717, 1.165) is 27.8 Å². The molecule has 1 fully saturated rings. The van der Waals surface area contributed by atoms with Crippen LogP contribution in [0.2, 0.25) is 0 Å². The van der Waals surface area contributed by atoms with Gasteiger partial charge in [0.05, 0.1) is 4.91 Å². The number of carbonyl (C=O) groups is 3. The van der Waals surface area contributed by atoms with Crippen LogP contribution in [0.5, 0.6) is 5.75 Å². The minimum atomic E-state index is -0.556. The summed E-state index contributed by atoms with van der Waals surface area (Å²) in [5, 5.41) is 2.20. The van der Waals surface area contributed by atoms with Crippen molar-refractivity contribution in [1.29, 1.82) is 0 Å². The number of rotatable bonds is 7. The summed E-state index contributed by atoms with van der Waals surface area (Å²) in [7, 11) is 0. The Labute approximate surface area is 206 Å². The molecule has 0 aromatic heterocycles. The topological polar surface area (TPSA) is 75.7 Å². The molecule has 1 N–H and O–H groups in total. The van der Waals surface area contributed by atoms with Crippen molar-refractivity contribution in [3.05, 3.63) is 99.7 Å². The van der Waals surface area contributed by atoms with Crippen molar-refractivity contribution in [3.8, 4) is 5.75 Å². The van der Waals surface area contributed by atoms with Crippen LogP contribution < -0.4 is 10.1 Å². The summed E-state index contributed by atoms with van der Waals surface area (Å²) in [4.78, 5) is 38.9. The molecule has 1 heterocycles. The summed E-state index contributed by atoms with van der Waals surface area (Å²) in [6.45, 7) is 3.53. The maximum absolute atomic E-state index is 13.9. The number of nitrogens with zero attached hydrogens (tertiary/aromatic N) is 1. The molecule has 0 unspecified atom stereocenters. The van der Waals surface area contributed by atoms with Crippen molar-refractivity contribution in [2.24, 2.45) is 0 Å². The summed E-state index contributed by atoms with van der Waals surface area (Å²) >= 11 is 0.758. The van der Waals surface area contributed by atoms with Gasteiger partial charge < -0.3 is 10.1 Å². The van der Waals surface area contributed by atoms with Gasteiger partial charge in [0.1, 0.15) is 24.7 Å². The molecule has 0 spiro atoms. The first-order valence-electron chi connectivity index (χ1n) is 10.9. The first-order valence-corrected chi connectivity index (χ1v) is 11.7. The van der Waals surface area contributed by atoms with Crippen molar-refractivity contribution in [2.75, 3.05) is 11.9 Å². The number of nitrogens with one attached hydrogen (secondary N) is 1. The molecule has 0 aliphatic carbocycles. The van der Waals surface area contributed by atoms with E-state index >= 15 is 0 Å². The lowest BCUT2D eigenvalue weighted by Gasteiger charge is -2.13. The molecule has 0 bridgehead atoms. The van der Waals surface area contributed by atoms with Crippen LogP contribution in [-0.2, 0) is 16.2 Å². The molecule has 1 saturated heterocycles. The lowest BCUT2D eigenvalue weighted by molar-refractivity contribution is -0.127. The van der Waals surface area contributed by atoms with Crippen LogP contribution in [0.25, 0.3) is 6.08 Å². The van der Waals surface area contributed by atoms with Crippen LogP contribution in [-0.4, -0.2) is 28.5 Å². The second kappa shape index (κ2) is 10.6. The summed E-state index contributed by atoms with van der Waals surface area (Å²) in [5.41, 5.74) is 3.68. The molecule has 3 aromatic rings. The Bertz CT molecular complexity index is 1340. The Hall–Kier alpha value is -3.91. The highest BCUT2D eigenvalue weighted by Gasteiger charge is 2.36. The first-order chi connectivity index (χ1) is 16.8. The molecule has 0 radical (unpaired) electrons. The van der Waals surface area contributed by atoms with Crippen molar-refractivity contribution >= 4 is 40.6 Å². The normalized spacial score (nSPS) is 14.5. The SMILES string of the molecule is Cc1ccc(NC(=O)CN2C(=O)S/C(=C/c3ccccc3OCc3ccccc3F)C2=O)cc1C. The van der Waals surface area contributed by atoms with E-state index in [0.29, 0.717) is 22.6 Å². The highest BCUT2D eigenvalue weighted by atomic mass is 32.2. The van der Waals surface area contributed by atoms with Gasteiger partial charge in [-0.05, 0) is 67.1 Å². The molecule has 3 amide bonds. The van der Waals surface area contributed by atoms with Crippen molar-refractivity contribution in [1.82, 2.24) is 4.90 Å². The lowest BCUT2D eigenvalue weighted by Crippen LogP contribution is -2.36. The predicted octanol–water partition coefficient (Wildman–Crippen LogP) is 5.70. The third-order valence-electron chi connectivity index (χ3n) is 5.51. The standard InChI is InChI=1S/C27H23FN2O4S/c1-17-11-12-21(13-18(17)2)29-25(31)15-30-26(32)24(35-27(30)33)14-19-7-4-6-10-23(19)34-16-20-8-3-5-9-22(20)28/h3-14H,15-16H2,1-2H3,(H,29,31)/b24-14+. The highest BCUT2D eigenvalue weighted by Crippen LogP contribution is 2.34. The Morgan fingerprint density at radius 2 is 1.77 bits per heavy atom. The summed E-state index contributed by atoms with van der Waals surface area (Å²) in [5.74, 6) is -0.954. The number of hydrogen-bond donors (Lipinski definition) is 1. The number of aryl methyl sites for hydroxylation is 2. The number of carbonyl (C=O) groups excluding carboxylic acids is 3. The van der Waals surface area contributed by atoms with Crippen LogP contribution >= 0.6 is 11.8 Å². The van der Waals surface area contributed by atoms with Crippen LogP contribution in [0.15, 0.2) is 71.6 Å². The molecule has 0 atom stereocenters. The van der Waals surface area contributed by atoms with Crippen LogP contribution in [0.4, 0.5) is 14.9 Å². The third-order valence-corrected chi connectivity index (χ3v) is 6.42. The summed E-state index contributed by atoms with van der Waals surface area (Å²) in [6.07, 6.45) is 1.54. The van der Waals surface area contributed by atoms with E-state index in [4.69, 9.17) is 4.74 Å². The van der Waals surface area contributed by atoms with Crippen molar-refractivity contribution < 1.29 is 23.5 Å². The number of anilines is 1. The molecule has 35 heavy (non-hydrogen) atoms. The van der Waals surface area contributed by atoms with Crippen molar-refractivity contribution in [3.63, 3.8) is 0 Å². The number of amides is 3. The number of halogens is 1. The zero-order chi connectivity index (χ0) is 24.9. The zero-order valence-corrected chi connectivity index (χ0v) is 20.0. The van der Waals surface area contributed by atoms with Gasteiger partial charge in [-0.1, -0.05) is 42.5 Å². The van der Waals surface area contributed by atoms with Gasteiger partial charge in [-0.2, -0.15) is 0 Å². The minimum Gasteiger partial charge on any atom is -0.488 e. The average molecular weight is 491 g/mol. The minimum absolute atomic E-state index is 0.0116. The maximum atomic E-state index is 13.9. The molecule has 8 heteroatoms. The molecule has 178 valence electrons. The van der Waals surface area contributed by atoms with E-state index in [1.165, 1.54) is 6.07 Å². The number of imide groups is 1. The molecule has 6 nitrogen and oxygen atoms in total. The Morgan fingerprint density at radius 1 is 1.03 bits per heavy atom. The summed E-state index contributed by atoms with van der Waals surface area (Å²) in [6, 6.07) is 18.8. The van der Waals surface area contributed by atoms with Gasteiger partial charge in [0.2, 0.25) is 5.91 Å². The quantitative estimate of drug-likeness (QED) is 0.430. The number of para-hydroxylation sites is 1. The zero-order valence-electron chi connectivity index (χ0n) is 19.2. The molecule has 1 aliphatic rings. The van der Waals surface area contributed by atoms with E-state index < -0.39 is 17.1 Å². The number of ether oxygens (including phenoxy) is 1. The van der Waals surface area contributed by atoms with Gasteiger partial charge in [0, 0.05) is 16.8 Å². The Morgan fingerprint density at radius 3 is 2.54 bits per heavy atom. The van der Waals surface area contributed by atoms with E-state index in [1.807, 2.05) is 26.0 Å². The first kappa shape index (κ1) is 24.2. The van der Waals surface area contributed by atoms with Crippen LogP contribution in [0, 0.1) is 19.7 Å². The van der Waals surface area contributed by atoms with E-state index in [2.05, 4.69) is 5.32 Å². The van der Waals surface area contributed by atoms with Gasteiger partial charge in [0.25, 0.3) is 11.1 Å². The lowest BCUT2D eigenvalue weighted by atomic mass is 10.1. The van der Waals surface area contributed by atoms with E-state index in [-0.39, 0.29) is 23.9 Å². The number of benzene rings is 3. The highest BCUT2D eigenvalue weighted by molar-refractivity contribution is 8.18. The van der Waals surface area contributed by atoms with Gasteiger partial charge in [-0.25, -0.2) is 4.39 Å². The summed E-state index contributed by atoms with van der Waals surface area (Å²) < 4.78 is 19.7. The number of thioether (sulfide) groups is 1. The fourth-order valence-corrected chi connectivity index (χ4v) is 4.27. The largest absolute Gasteiger partial charge is 0.488 e. The molecule has 3 aromatic carbocycles. The van der Waals surface area contributed by atoms with Crippen LogP contribution in [0.3, 0.4) is 0 Å². The van der Waals surface area contributed by atoms with E-state index in [9.17, 15) is 18.8 Å². The number of hydrogen-bond acceptors (Lipinski definition) is 5. The second-order valence-corrected chi connectivity index (χ2v) is 9.03. The van der Waals surface area contributed by atoms with Crippen LogP contribution in [0.1, 0.15) is 22.3 Å². The maximum Gasteiger partial charge on any atom is 0.294 e. The smallest absolute Gasteiger partial charge is 0.294 e. The average Bonchev–Trinajstić information content (AvgIpc) is 3.09. The van der Waals surface area contributed by atoms with Gasteiger partial charge in [-0.3, -0.25) is 19.3 Å². The van der Waals surface area contributed by atoms with Gasteiger partial charge >= 0.3 is 0 Å². The Balaban J connectivity index is 1.45. The molecule has 0 saturated carbocycles. The second-order valence-electron chi connectivity index (χ2n) is 8.03. The van der Waals surface area contributed by atoms with Gasteiger partial charge in [0.15, 0.2) is 0 Å². The molecule has 1 aliphatic heterocycles. The van der Waals surface area contributed by atoms with E-state index in [1.54, 1.807) is 54.6 Å². The molecule has 4 rings (SSSR count). The molecular weight excluding hydrogens is 467 g/mol. The molecular formula is C27H23FN2O4S. The monoisotopic (exact) mass is 490 g/mol. The third kappa shape index (κ3) is 5.78. The predicted molar refractivity (Wildman–Crippen MR) is 134 cm³/mol. The Kier molecular flexibility index (Phi) is 7.31. The van der Waals surface area contributed by atoms with Crippen molar-refractivity contribution in [2.45, 2.75) is 20.5 Å². The fourth-order valence-electron chi connectivity index (χ4n) is 3.44. The fraction of sp³-hybridized carbons (Fsp3) is 0.148.